The highest BCUT2D eigenvalue weighted by Gasteiger charge is 2.88. The number of piperidine rings is 2. The highest BCUT2D eigenvalue weighted by Crippen LogP contribution is 2.77. The number of esters is 1. The molecule has 0 radical (unpaired) electrons. The maximum atomic E-state index is 13.4. The van der Waals surface area contributed by atoms with Crippen LogP contribution in [-0.4, -0.2) is 119 Å². The number of carbonyl (C=O) groups excluding carboxylic acids is 1. The van der Waals surface area contributed by atoms with Crippen LogP contribution in [-0.2, 0) is 14.3 Å². The Kier molecular flexibility index (Phi) is 6.68. The Morgan fingerprint density at radius 2 is 1.67 bits per heavy atom. The van der Waals surface area contributed by atoms with Crippen molar-refractivity contribution in [3.05, 3.63) is 0 Å². The Morgan fingerprint density at radius 1 is 1.00 bits per heavy atom. The van der Waals surface area contributed by atoms with Crippen molar-refractivity contribution in [1.29, 1.82) is 0 Å². The van der Waals surface area contributed by atoms with Crippen molar-refractivity contribution in [2.45, 2.75) is 132 Å². The van der Waals surface area contributed by atoms with Crippen LogP contribution in [0.25, 0.3) is 0 Å². The number of aliphatic hydroxyl groups is 7. The number of carbonyl (C=O) groups is 1. The second-order valence-electron chi connectivity index (χ2n) is 16.1. The standard InChI is InChI=1S/C32H51NO10/c1-6-15(3)27(38)42-26-21(35)20-16(13-33-12-14(2)7-8-18(33)29(20,5)39)17-11-30-25(31(17,26)40)23(37)22(36)24-28(30,4)10-9-19(34)32(24,41)43-30/h14-26,34-37,39-41H,6-13H2,1-5H3/t14-,15-,16-,17-,18-,19-,20+,21+,22-,23+,24-,25+,26-,28-,29+,30+,31-,32-/m0/s1. The largest absolute Gasteiger partial charge is 0.456 e. The van der Waals surface area contributed by atoms with Gasteiger partial charge in [-0.1, -0.05) is 27.7 Å². The summed E-state index contributed by atoms with van der Waals surface area (Å²) in [7, 11) is 0. The number of hydrogen-bond donors (Lipinski definition) is 7. The van der Waals surface area contributed by atoms with E-state index in [9.17, 15) is 40.5 Å². The van der Waals surface area contributed by atoms with Gasteiger partial charge in [-0.05, 0) is 63.2 Å². The minimum atomic E-state index is -2.14. The summed E-state index contributed by atoms with van der Waals surface area (Å²) in [6.45, 7) is 10.6. The molecule has 3 heterocycles. The van der Waals surface area contributed by atoms with E-state index in [1.54, 1.807) is 13.8 Å². The van der Waals surface area contributed by atoms with Gasteiger partial charge in [0.2, 0.25) is 0 Å². The average Bonchev–Trinajstić information content (AvgIpc) is 3.25. The lowest BCUT2D eigenvalue weighted by atomic mass is 9.48. The molecule has 0 unspecified atom stereocenters. The van der Waals surface area contributed by atoms with E-state index in [-0.39, 0.29) is 18.9 Å². The Labute approximate surface area is 253 Å². The SMILES string of the molecule is CC[C@H](C)C(=O)O[C@H]1[C@H](O)[C@H]2[C@@H](CN3C[C@@H](C)CC[C@H]3[C@@]2(C)O)[C@@H]2C[C@@]34O[C@]5(O)[C@@H]([C@@H](O)[C@@H](O)[C@H]3[C@@]21O)[C@]4(C)CC[C@@H]5O. The Hall–Kier alpha value is -0.890. The fraction of sp³-hybridized carbons (Fsp3) is 0.969. The molecule has 43 heavy (non-hydrogen) atoms. The molecule has 7 aliphatic rings. The van der Waals surface area contributed by atoms with Crippen LogP contribution in [0.2, 0.25) is 0 Å². The molecule has 3 saturated heterocycles. The monoisotopic (exact) mass is 609 g/mol. The molecule has 3 aliphatic heterocycles. The van der Waals surface area contributed by atoms with Crippen molar-refractivity contribution < 1.29 is 50.0 Å². The predicted molar refractivity (Wildman–Crippen MR) is 151 cm³/mol. The summed E-state index contributed by atoms with van der Waals surface area (Å²) in [5.74, 6) is -7.04. The number of fused-ring (bicyclic) bond motifs is 5. The van der Waals surface area contributed by atoms with Gasteiger partial charge in [0, 0.05) is 30.5 Å². The smallest absolute Gasteiger partial charge is 0.309 e. The fourth-order valence-electron chi connectivity index (χ4n) is 12.0. The summed E-state index contributed by atoms with van der Waals surface area (Å²) in [6.07, 6.45) is -4.51. The van der Waals surface area contributed by atoms with Crippen LogP contribution in [0.1, 0.15) is 73.1 Å². The second-order valence-corrected chi connectivity index (χ2v) is 16.1. The van der Waals surface area contributed by atoms with Gasteiger partial charge in [-0.15, -0.1) is 0 Å². The van der Waals surface area contributed by atoms with Crippen molar-refractivity contribution in [3.8, 4) is 0 Å². The maximum Gasteiger partial charge on any atom is 0.309 e. The van der Waals surface area contributed by atoms with Gasteiger partial charge in [0.25, 0.3) is 0 Å². The number of rotatable bonds is 3. The first-order chi connectivity index (χ1) is 20.0. The molecular formula is C32H51NO10. The minimum Gasteiger partial charge on any atom is -0.456 e. The predicted octanol–water partition coefficient (Wildman–Crippen LogP) is -0.246. The van der Waals surface area contributed by atoms with Gasteiger partial charge in [0.05, 0.1) is 47.3 Å². The lowest BCUT2D eigenvalue weighted by Crippen LogP contribution is -2.78. The molecule has 4 saturated carbocycles. The van der Waals surface area contributed by atoms with Gasteiger partial charge in [-0.25, -0.2) is 0 Å². The molecule has 4 bridgehead atoms. The summed E-state index contributed by atoms with van der Waals surface area (Å²) in [6, 6.07) is -0.217. The average molecular weight is 610 g/mol. The van der Waals surface area contributed by atoms with E-state index in [0.29, 0.717) is 25.3 Å². The molecule has 0 aromatic carbocycles. The minimum absolute atomic E-state index is 0.148. The summed E-state index contributed by atoms with van der Waals surface area (Å²) >= 11 is 0. The topological polar surface area (TPSA) is 180 Å². The van der Waals surface area contributed by atoms with E-state index < -0.39 is 100 Å². The third-order valence-corrected chi connectivity index (χ3v) is 14.1. The molecular weight excluding hydrogens is 558 g/mol. The quantitative estimate of drug-likeness (QED) is 0.210. The maximum absolute atomic E-state index is 13.4. The molecule has 11 heteroatoms. The Balaban J connectivity index is 1.41. The van der Waals surface area contributed by atoms with Gasteiger partial charge in [-0.3, -0.25) is 9.69 Å². The first-order valence-corrected chi connectivity index (χ1v) is 16.5. The van der Waals surface area contributed by atoms with Crippen LogP contribution in [0.3, 0.4) is 0 Å². The molecule has 0 amide bonds. The first-order valence-electron chi connectivity index (χ1n) is 16.5. The van der Waals surface area contributed by atoms with E-state index in [4.69, 9.17) is 9.47 Å². The van der Waals surface area contributed by atoms with Crippen molar-refractivity contribution >= 4 is 5.97 Å². The van der Waals surface area contributed by atoms with Crippen LogP contribution in [0.4, 0.5) is 0 Å². The van der Waals surface area contributed by atoms with Crippen LogP contribution >= 0.6 is 0 Å². The Bertz CT molecular complexity index is 1170. The highest BCUT2D eigenvalue weighted by molar-refractivity contribution is 5.72. The van der Waals surface area contributed by atoms with Crippen molar-refractivity contribution in [3.63, 3.8) is 0 Å². The molecule has 7 N–H and O–H groups in total. The van der Waals surface area contributed by atoms with E-state index in [2.05, 4.69) is 11.8 Å². The van der Waals surface area contributed by atoms with Gasteiger partial charge >= 0.3 is 5.97 Å². The van der Waals surface area contributed by atoms with Crippen LogP contribution < -0.4 is 0 Å². The molecule has 7 fully saturated rings. The van der Waals surface area contributed by atoms with Crippen molar-refractivity contribution in [2.24, 2.45) is 46.8 Å². The second kappa shape index (κ2) is 9.35. The van der Waals surface area contributed by atoms with Crippen molar-refractivity contribution in [2.75, 3.05) is 13.1 Å². The van der Waals surface area contributed by atoms with Gasteiger partial charge in [0.1, 0.15) is 11.7 Å². The number of ether oxygens (including phenoxy) is 2. The summed E-state index contributed by atoms with van der Waals surface area (Å²) < 4.78 is 12.6. The zero-order valence-corrected chi connectivity index (χ0v) is 26.0. The van der Waals surface area contributed by atoms with Crippen LogP contribution in [0, 0.1) is 46.8 Å². The lowest BCUT2D eigenvalue weighted by molar-refractivity contribution is -0.300. The molecule has 0 aromatic heterocycles. The lowest BCUT2D eigenvalue weighted by Gasteiger charge is -2.64. The Morgan fingerprint density at radius 3 is 2.35 bits per heavy atom. The van der Waals surface area contributed by atoms with E-state index in [0.717, 1.165) is 19.4 Å². The molecule has 244 valence electrons. The summed E-state index contributed by atoms with van der Waals surface area (Å²) in [5, 5.41) is 83.9. The molecule has 18 atom stereocenters. The molecule has 0 aromatic rings. The van der Waals surface area contributed by atoms with E-state index in [1.807, 2.05) is 13.8 Å². The zero-order valence-electron chi connectivity index (χ0n) is 26.0. The molecule has 1 spiro atoms. The van der Waals surface area contributed by atoms with Gasteiger partial charge in [0.15, 0.2) is 11.9 Å². The van der Waals surface area contributed by atoms with Crippen LogP contribution in [0.15, 0.2) is 0 Å². The van der Waals surface area contributed by atoms with Gasteiger partial charge in [-0.2, -0.15) is 0 Å². The molecule has 4 aliphatic carbocycles. The van der Waals surface area contributed by atoms with E-state index >= 15 is 0 Å². The highest BCUT2D eigenvalue weighted by atomic mass is 16.7. The number of hydrogen-bond acceptors (Lipinski definition) is 11. The summed E-state index contributed by atoms with van der Waals surface area (Å²) in [4.78, 5) is 15.6. The number of aliphatic hydroxyl groups excluding tert-OH is 4. The first kappa shape index (κ1) is 30.7. The molecule has 7 rings (SSSR count). The zero-order chi connectivity index (χ0) is 31.2. The van der Waals surface area contributed by atoms with E-state index in [1.165, 1.54) is 0 Å². The number of nitrogens with zero attached hydrogens (tertiary/aromatic N) is 1. The van der Waals surface area contributed by atoms with Crippen molar-refractivity contribution in [1.82, 2.24) is 4.90 Å². The third kappa shape index (κ3) is 3.50. The fourth-order valence-corrected chi connectivity index (χ4v) is 12.0. The van der Waals surface area contributed by atoms with Gasteiger partial charge < -0.3 is 45.2 Å². The normalized spacial score (nSPS) is 61.2. The summed E-state index contributed by atoms with van der Waals surface area (Å²) in [5.41, 5.74) is -5.76. The third-order valence-electron chi connectivity index (χ3n) is 14.1. The molecule has 11 nitrogen and oxygen atoms in total. The van der Waals surface area contributed by atoms with Crippen LogP contribution in [0.5, 0.6) is 0 Å².